The van der Waals surface area contributed by atoms with E-state index in [1.165, 1.54) is 0 Å². The molecule has 0 radical (unpaired) electrons. The number of hydrogen-bond acceptors (Lipinski definition) is 6. The minimum atomic E-state index is -0.862. The fraction of sp³-hybridized carbons (Fsp3) is 0.500. The third-order valence-corrected chi connectivity index (χ3v) is 4.57. The molecule has 0 saturated heterocycles. The Morgan fingerprint density at radius 2 is 1.85 bits per heavy atom. The quantitative estimate of drug-likeness (QED) is 0.619. The number of esters is 2. The van der Waals surface area contributed by atoms with Gasteiger partial charge in [0.1, 0.15) is 18.0 Å². The third kappa shape index (κ3) is 5.08. The molecule has 0 aromatic heterocycles. The fourth-order valence-corrected chi connectivity index (χ4v) is 2.86. The first-order valence-electron chi connectivity index (χ1n) is 8.70. The van der Waals surface area contributed by atoms with Crippen molar-refractivity contribution >= 4 is 11.9 Å². The van der Waals surface area contributed by atoms with E-state index in [1.54, 1.807) is 33.1 Å². The van der Waals surface area contributed by atoms with E-state index in [4.69, 9.17) is 14.2 Å². The lowest BCUT2D eigenvalue weighted by Crippen LogP contribution is -2.41. The number of aliphatic hydroxyl groups is 1. The lowest BCUT2D eigenvalue weighted by molar-refractivity contribution is -0.167. The highest BCUT2D eigenvalue weighted by Crippen LogP contribution is 2.27. The molecule has 1 fully saturated rings. The van der Waals surface area contributed by atoms with Crippen molar-refractivity contribution in [2.45, 2.75) is 57.3 Å². The molecule has 1 N–H and O–H groups in total. The van der Waals surface area contributed by atoms with Crippen molar-refractivity contribution in [3.8, 4) is 5.75 Å². The number of carbonyl (C=O) groups is 2. The third-order valence-electron chi connectivity index (χ3n) is 4.57. The summed E-state index contributed by atoms with van der Waals surface area (Å²) in [6, 6.07) is 7.20. The standard InChI is InChI=1S/C20H26O6/c1-12(2)19(22)25-16-9-10-18(17(21)11-16)26-20(23)13(3)14-5-7-15(24-4)8-6-14/h5-8,13,16-18,21H,1,9-11H2,2-4H3. The smallest absolute Gasteiger partial charge is 0.333 e. The summed E-state index contributed by atoms with van der Waals surface area (Å²) < 4.78 is 15.9. The van der Waals surface area contributed by atoms with Gasteiger partial charge in [-0.2, -0.15) is 0 Å². The molecule has 6 heteroatoms. The number of rotatable bonds is 6. The Hall–Kier alpha value is -2.34. The van der Waals surface area contributed by atoms with E-state index in [-0.39, 0.29) is 12.5 Å². The van der Waals surface area contributed by atoms with Gasteiger partial charge in [-0.25, -0.2) is 4.79 Å². The summed E-state index contributed by atoms with van der Waals surface area (Å²) in [5.74, 6) is -0.596. The molecule has 1 saturated carbocycles. The van der Waals surface area contributed by atoms with Gasteiger partial charge in [0.2, 0.25) is 0 Å². The molecule has 1 aliphatic carbocycles. The van der Waals surface area contributed by atoms with Gasteiger partial charge in [0, 0.05) is 12.0 Å². The first kappa shape index (κ1) is 20.0. The van der Waals surface area contributed by atoms with Crippen LogP contribution in [-0.4, -0.2) is 42.5 Å². The molecular formula is C20H26O6. The second-order valence-electron chi connectivity index (χ2n) is 6.66. The van der Waals surface area contributed by atoms with E-state index in [0.29, 0.717) is 24.2 Å². The molecule has 1 aliphatic rings. The average Bonchev–Trinajstić information content (AvgIpc) is 2.63. The highest BCUT2D eigenvalue weighted by Gasteiger charge is 2.34. The number of aliphatic hydroxyl groups excluding tert-OH is 1. The highest BCUT2D eigenvalue weighted by molar-refractivity contribution is 5.87. The molecule has 1 aromatic rings. The van der Waals surface area contributed by atoms with Crippen LogP contribution in [0, 0.1) is 0 Å². The Balaban J connectivity index is 1.88. The van der Waals surface area contributed by atoms with Crippen LogP contribution in [0.4, 0.5) is 0 Å². The van der Waals surface area contributed by atoms with Crippen molar-refractivity contribution in [1.82, 2.24) is 0 Å². The molecule has 2 rings (SSSR count). The van der Waals surface area contributed by atoms with E-state index in [0.717, 1.165) is 5.56 Å². The van der Waals surface area contributed by atoms with Crippen molar-refractivity contribution in [3.05, 3.63) is 42.0 Å². The molecule has 4 unspecified atom stereocenters. The number of benzene rings is 1. The molecule has 0 aliphatic heterocycles. The largest absolute Gasteiger partial charge is 0.497 e. The SMILES string of the molecule is C=C(C)C(=O)OC1CCC(OC(=O)C(C)c2ccc(OC)cc2)C(O)C1. The molecule has 26 heavy (non-hydrogen) atoms. The van der Waals surface area contributed by atoms with Crippen molar-refractivity contribution in [2.75, 3.05) is 7.11 Å². The molecule has 0 amide bonds. The molecule has 0 bridgehead atoms. The van der Waals surface area contributed by atoms with Crippen molar-refractivity contribution in [3.63, 3.8) is 0 Å². The second-order valence-corrected chi connectivity index (χ2v) is 6.66. The lowest BCUT2D eigenvalue weighted by atomic mass is 9.92. The van der Waals surface area contributed by atoms with Crippen LogP contribution in [0.25, 0.3) is 0 Å². The Morgan fingerprint density at radius 3 is 2.38 bits per heavy atom. The minimum Gasteiger partial charge on any atom is -0.497 e. The summed E-state index contributed by atoms with van der Waals surface area (Å²) in [6.45, 7) is 6.88. The number of ether oxygens (including phenoxy) is 3. The van der Waals surface area contributed by atoms with Crippen molar-refractivity contribution in [2.24, 2.45) is 0 Å². The molecule has 6 nitrogen and oxygen atoms in total. The zero-order chi connectivity index (χ0) is 19.3. The van der Waals surface area contributed by atoms with Gasteiger partial charge in [0.15, 0.2) is 0 Å². The van der Waals surface area contributed by atoms with Gasteiger partial charge >= 0.3 is 11.9 Å². The normalized spacial score (nSPS) is 23.6. The van der Waals surface area contributed by atoms with Crippen LogP contribution >= 0.6 is 0 Å². The van der Waals surface area contributed by atoms with E-state index in [2.05, 4.69) is 6.58 Å². The molecule has 0 heterocycles. The Kier molecular flexibility index (Phi) is 6.80. The maximum Gasteiger partial charge on any atom is 0.333 e. The van der Waals surface area contributed by atoms with E-state index >= 15 is 0 Å². The van der Waals surface area contributed by atoms with Crippen LogP contribution in [0.1, 0.15) is 44.6 Å². The Bertz CT molecular complexity index is 651. The second kappa shape index (κ2) is 8.85. The van der Waals surface area contributed by atoms with Crippen molar-refractivity contribution < 1.29 is 28.9 Å². The van der Waals surface area contributed by atoms with Gasteiger partial charge in [-0.3, -0.25) is 4.79 Å². The van der Waals surface area contributed by atoms with Crippen LogP contribution in [0.5, 0.6) is 5.75 Å². The molecule has 0 spiro atoms. The van der Waals surface area contributed by atoms with E-state index < -0.39 is 30.1 Å². The lowest BCUT2D eigenvalue weighted by Gasteiger charge is -2.33. The monoisotopic (exact) mass is 362 g/mol. The molecule has 4 atom stereocenters. The van der Waals surface area contributed by atoms with Crippen LogP contribution in [0.3, 0.4) is 0 Å². The van der Waals surface area contributed by atoms with E-state index in [9.17, 15) is 14.7 Å². The number of hydrogen-bond donors (Lipinski definition) is 1. The van der Waals surface area contributed by atoms with Crippen LogP contribution in [0.2, 0.25) is 0 Å². The first-order chi connectivity index (χ1) is 12.3. The zero-order valence-electron chi connectivity index (χ0n) is 15.4. The minimum absolute atomic E-state index is 0.244. The topological polar surface area (TPSA) is 82.1 Å². The summed E-state index contributed by atoms with van der Waals surface area (Å²) in [4.78, 5) is 24.0. The average molecular weight is 362 g/mol. The van der Waals surface area contributed by atoms with Crippen LogP contribution < -0.4 is 4.74 Å². The summed E-state index contributed by atoms with van der Waals surface area (Å²) in [5.41, 5.74) is 1.13. The van der Waals surface area contributed by atoms with Gasteiger partial charge in [-0.15, -0.1) is 0 Å². The fourth-order valence-electron chi connectivity index (χ4n) is 2.86. The zero-order valence-corrected chi connectivity index (χ0v) is 15.4. The predicted molar refractivity (Wildman–Crippen MR) is 95.8 cm³/mol. The van der Waals surface area contributed by atoms with Crippen molar-refractivity contribution in [1.29, 1.82) is 0 Å². The Morgan fingerprint density at radius 1 is 1.19 bits per heavy atom. The summed E-state index contributed by atoms with van der Waals surface area (Å²) in [6.07, 6.45) is -0.625. The van der Waals surface area contributed by atoms with Gasteiger partial charge in [-0.1, -0.05) is 18.7 Å². The summed E-state index contributed by atoms with van der Waals surface area (Å²) in [5, 5.41) is 10.3. The predicted octanol–water partition coefficient (Wildman–Crippen LogP) is 2.74. The maximum absolute atomic E-state index is 12.4. The molecule has 1 aromatic carbocycles. The van der Waals surface area contributed by atoms with Gasteiger partial charge in [-0.05, 0) is 44.4 Å². The molecular weight excluding hydrogens is 336 g/mol. The molecule has 142 valence electrons. The maximum atomic E-state index is 12.4. The highest BCUT2D eigenvalue weighted by atomic mass is 16.6. The van der Waals surface area contributed by atoms with Gasteiger partial charge in [0.25, 0.3) is 0 Å². The van der Waals surface area contributed by atoms with Gasteiger partial charge < -0.3 is 19.3 Å². The van der Waals surface area contributed by atoms with Gasteiger partial charge in [0.05, 0.1) is 19.1 Å². The van der Waals surface area contributed by atoms with Crippen LogP contribution in [0.15, 0.2) is 36.4 Å². The summed E-state index contributed by atoms with van der Waals surface area (Å²) in [7, 11) is 1.58. The number of methoxy groups -OCH3 is 1. The number of carbonyl (C=O) groups excluding carboxylic acids is 2. The first-order valence-corrected chi connectivity index (χ1v) is 8.70. The van der Waals surface area contributed by atoms with E-state index in [1.807, 2.05) is 12.1 Å². The summed E-state index contributed by atoms with van der Waals surface area (Å²) >= 11 is 0. The Labute approximate surface area is 153 Å². The van der Waals surface area contributed by atoms with Crippen LogP contribution in [-0.2, 0) is 19.1 Å².